The smallest absolute Gasteiger partial charge is 0.263 e. The van der Waals surface area contributed by atoms with Gasteiger partial charge in [-0.2, -0.15) is 5.10 Å². The van der Waals surface area contributed by atoms with Gasteiger partial charge in [0.15, 0.2) is 6.10 Å². The monoisotopic (exact) mass is 317 g/mol. The van der Waals surface area contributed by atoms with Gasteiger partial charge in [-0.1, -0.05) is 0 Å². The van der Waals surface area contributed by atoms with Crippen LogP contribution < -0.4 is 4.74 Å². The summed E-state index contributed by atoms with van der Waals surface area (Å²) >= 11 is 0. The topological polar surface area (TPSA) is 47.4 Å². The molecule has 0 spiro atoms. The van der Waals surface area contributed by atoms with E-state index in [-0.39, 0.29) is 11.7 Å². The predicted octanol–water partition coefficient (Wildman–Crippen LogP) is 2.30. The maximum Gasteiger partial charge on any atom is 0.263 e. The number of aryl methyl sites for hydroxylation is 1. The van der Waals surface area contributed by atoms with Gasteiger partial charge in [0.25, 0.3) is 5.91 Å². The number of ether oxygens (including phenoxy) is 1. The van der Waals surface area contributed by atoms with Crippen molar-refractivity contribution in [2.24, 2.45) is 7.05 Å². The Morgan fingerprint density at radius 2 is 2.09 bits per heavy atom. The number of rotatable bonds is 3. The normalized spacial score (nSPS) is 15.7. The van der Waals surface area contributed by atoms with Gasteiger partial charge < -0.3 is 9.64 Å². The van der Waals surface area contributed by atoms with E-state index in [2.05, 4.69) is 5.10 Å². The summed E-state index contributed by atoms with van der Waals surface area (Å²) in [6.45, 7) is 2.98. The zero-order chi connectivity index (χ0) is 16.4. The van der Waals surface area contributed by atoms with Crippen molar-refractivity contribution in [3.63, 3.8) is 0 Å². The summed E-state index contributed by atoms with van der Waals surface area (Å²) in [5.74, 6) is 0.100. The Morgan fingerprint density at radius 3 is 2.83 bits per heavy atom. The van der Waals surface area contributed by atoms with Gasteiger partial charge >= 0.3 is 0 Å². The van der Waals surface area contributed by atoms with Crippen molar-refractivity contribution in [3.8, 4) is 5.75 Å². The van der Waals surface area contributed by atoms with E-state index in [0.717, 1.165) is 18.4 Å². The lowest BCUT2D eigenvalue weighted by molar-refractivity contribution is -0.138. The fourth-order valence-corrected chi connectivity index (χ4v) is 2.90. The molecule has 0 saturated heterocycles. The second-order valence-corrected chi connectivity index (χ2v) is 5.82. The molecule has 23 heavy (non-hydrogen) atoms. The molecule has 1 aliphatic rings. The molecule has 0 radical (unpaired) electrons. The summed E-state index contributed by atoms with van der Waals surface area (Å²) in [5.41, 5.74) is 2.28. The second-order valence-electron chi connectivity index (χ2n) is 5.82. The summed E-state index contributed by atoms with van der Waals surface area (Å²) in [6.07, 6.45) is 3.04. The van der Waals surface area contributed by atoms with Crippen molar-refractivity contribution in [1.82, 2.24) is 14.7 Å². The third kappa shape index (κ3) is 3.36. The average Bonchev–Trinajstić information content (AvgIpc) is 2.76. The molecule has 1 aromatic heterocycles. The molecule has 2 aromatic rings. The molecule has 1 amide bonds. The number of fused-ring (bicyclic) bond motifs is 1. The standard InChI is InChI=1S/C17H20FN3O2/c1-12(23-15-7-5-14(18)6-8-15)17(22)21-9-3-4-16-13(11-21)10-19-20(16)2/h5-8,10,12H,3-4,9,11H2,1-2H3. The second kappa shape index (κ2) is 6.40. The van der Waals surface area contributed by atoms with Crippen molar-refractivity contribution in [1.29, 1.82) is 0 Å². The van der Waals surface area contributed by atoms with Crippen LogP contribution in [-0.4, -0.2) is 33.2 Å². The first-order valence-electron chi connectivity index (χ1n) is 7.75. The molecule has 122 valence electrons. The first-order chi connectivity index (χ1) is 11.0. The maximum absolute atomic E-state index is 12.9. The van der Waals surface area contributed by atoms with Gasteiger partial charge in [-0.05, 0) is 44.0 Å². The summed E-state index contributed by atoms with van der Waals surface area (Å²) in [4.78, 5) is 14.4. The van der Waals surface area contributed by atoms with E-state index < -0.39 is 6.10 Å². The number of carbonyl (C=O) groups is 1. The fraction of sp³-hybridized carbons (Fsp3) is 0.412. The van der Waals surface area contributed by atoms with Gasteiger partial charge in [-0.3, -0.25) is 9.48 Å². The zero-order valence-electron chi connectivity index (χ0n) is 13.3. The molecule has 0 aliphatic carbocycles. The van der Waals surface area contributed by atoms with Gasteiger partial charge in [0.1, 0.15) is 11.6 Å². The van der Waals surface area contributed by atoms with Gasteiger partial charge in [0, 0.05) is 31.4 Å². The molecular formula is C17H20FN3O2. The van der Waals surface area contributed by atoms with Crippen molar-refractivity contribution in [3.05, 3.63) is 47.5 Å². The molecule has 0 N–H and O–H groups in total. The quantitative estimate of drug-likeness (QED) is 0.873. The van der Waals surface area contributed by atoms with Crippen LogP contribution in [0.1, 0.15) is 24.6 Å². The van der Waals surface area contributed by atoms with Crippen molar-refractivity contribution in [2.45, 2.75) is 32.4 Å². The number of carbonyl (C=O) groups excluding carboxylic acids is 1. The lowest BCUT2D eigenvalue weighted by Crippen LogP contribution is -2.40. The molecule has 0 saturated carbocycles. The Balaban J connectivity index is 1.68. The fourth-order valence-electron chi connectivity index (χ4n) is 2.90. The van der Waals surface area contributed by atoms with Crippen LogP contribution in [0, 0.1) is 5.82 Å². The predicted molar refractivity (Wildman–Crippen MR) is 83.4 cm³/mol. The molecule has 0 fully saturated rings. The summed E-state index contributed by atoms with van der Waals surface area (Å²) in [7, 11) is 1.93. The number of hydrogen-bond donors (Lipinski definition) is 0. The number of nitrogens with zero attached hydrogens (tertiary/aromatic N) is 3. The van der Waals surface area contributed by atoms with Gasteiger partial charge in [0.2, 0.25) is 0 Å². The molecule has 6 heteroatoms. The average molecular weight is 317 g/mol. The van der Waals surface area contributed by atoms with Crippen molar-refractivity contribution >= 4 is 5.91 Å². The lowest BCUT2D eigenvalue weighted by atomic mass is 10.2. The van der Waals surface area contributed by atoms with Gasteiger partial charge in [0.05, 0.1) is 6.20 Å². The molecule has 2 heterocycles. The van der Waals surface area contributed by atoms with Crippen LogP contribution in [0.3, 0.4) is 0 Å². The Labute approximate surface area is 134 Å². The Bertz CT molecular complexity index is 696. The van der Waals surface area contributed by atoms with Crippen LogP contribution in [0.4, 0.5) is 4.39 Å². The molecule has 3 rings (SSSR count). The third-order valence-corrected chi connectivity index (χ3v) is 4.14. The van der Waals surface area contributed by atoms with E-state index in [1.54, 1.807) is 6.92 Å². The number of benzene rings is 1. The molecule has 1 atom stereocenters. The summed E-state index contributed by atoms with van der Waals surface area (Å²) in [6, 6.07) is 5.70. The van der Waals surface area contributed by atoms with Crippen molar-refractivity contribution < 1.29 is 13.9 Å². The van der Waals surface area contributed by atoms with E-state index in [1.165, 1.54) is 30.0 Å². The highest BCUT2D eigenvalue weighted by Gasteiger charge is 2.26. The minimum atomic E-state index is -0.612. The highest BCUT2D eigenvalue weighted by molar-refractivity contribution is 5.81. The number of aromatic nitrogens is 2. The van der Waals surface area contributed by atoms with E-state index in [1.807, 2.05) is 22.8 Å². The zero-order valence-corrected chi connectivity index (χ0v) is 13.3. The van der Waals surface area contributed by atoms with Crippen LogP contribution in [-0.2, 0) is 24.8 Å². The van der Waals surface area contributed by atoms with Crippen LogP contribution in [0.15, 0.2) is 30.5 Å². The van der Waals surface area contributed by atoms with Crippen LogP contribution >= 0.6 is 0 Å². The molecule has 1 unspecified atom stereocenters. The van der Waals surface area contributed by atoms with Crippen LogP contribution in [0.5, 0.6) is 5.75 Å². The molecular weight excluding hydrogens is 297 g/mol. The maximum atomic E-state index is 12.9. The first kappa shape index (κ1) is 15.5. The van der Waals surface area contributed by atoms with Crippen LogP contribution in [0.25, 0.3) is 0 Å². The molecule has 1 aromatic carbocycles. The van der Waals surface area contributed by atoms with Gasteiger partial charge in [-0.25, -0.2) is 4.39 Å². The largest absolute Gasteiger partial charge is 0.481 e. The lowest BCUT2D eigenvalue weighted by Gasteiger charge is -2.24. The Morgan fingerprint density at radius 1 is 1.35 bits per heavy atom. The van der Waals surface area contributed by atoms with Crippen LogP contribution in [0.2, 0.25) is 0 Å². The van der Waals surface area contributed by atoms with E-state index >= 15 is 0 Å². The van der Waals surface area contributed by atoms with E-state index in [4.69, 9.17) is 4.74 Å². The van der Waals surface area contributed by atoms with E-state index in [0.29, 0.717) is 18.8 Å². The highest BCUT2D eigenvalue weighted by atomic mass is 19.1. The molecule has 5 nitrogen and oxygen atoms in total. The number of halogens is 1. The minimum absolute atomic E-state index is 0.0639. The first-order valence-corrected chi connectivity index (χ1v) is 7.75. The van der Waals surface area contributed by atoms with Gasteiger partial charge in [-0.15, -0.1) is 0 Å². The Kier molecular flexibility index (Phi) is 4.32. The van der Waals surface area contributed by atoms with Crippen molar-refractivity contribution in [2.75, 3.05) is 6.54 Å². The summed E-state index contributed by atoms with van der Waals surface area (Å²) in [5, 5.41) is 4.27. The Hall–Kier alpha value is -2.37. The highest BCUT2D eigenvalue weighted by Crippen LogP contribution is 2.20. The SMILES string of the molecule is CC(Oc1ccc(F)cc1)C(=O)N1CCCc2c(cnn2C)C1. The number of hydrogen-bond acceptors (Lipinski definition) is 3. The molecule has 0 bridgehead atoms. The summed E-state index contributed by atoms with van der Waals surface area (Å²) < 4.78 is 20.4. The number of amides is 1. The third-order valence-electron chi connectivity index (χ3n) is 4.14. The van der Waals surface area contributed by atoms with E-state index in [9.17, 15) is 9.18 Å². The molecule has 1 aliphatic heterocycles. The minimum Gasteiger partial charge on any atom is -0.481 e.